The lowest BCUT2D eigenvalue weighted by molar-refractivity contribution is -0.128. The average molecular weight is 319 g/mol. The number of rotatable bonds is 7. The van der Waals surface area contributed by atoms with E-state index in [1.165, 1.54) is 0 Å². The van der Waals surface area contributed by atoms with Crippen LogP contribution in [0.5, 0.6) is 5.75 Å². The third-order valence-electron chi connectivity index (χ3n) is 3.88. The Labute approximate surface area is 137 Å². The molecular formula is C17H25N3O3. The smallest absolute Gasteiger partial charge is 0.225 e. The first kappa shape index (κ1) is 17.3. The van der Waals surface area contributed by atoms with Crippen LogP contribution in [0.1, 0.15) is 12.0 Å². The van der Waals surface area contributed by atoms with Crippen molar-refractivity contribution in [1.29, 1.82) is 0 Å². The van der Waals surface area contributed by atoms with Crippen LogP contribution < -0.4 is 10.1 Å². The highest BCUT2D eigenvalue weighted by Crippen LogP contribution is 2.17. The van der Waals surface area contributed by atoms with E-state index in [-0.39, 0.29) is 17.7 Å². The minimum absolute atomic E-state index is 0.0291. The predicted octanol–water partition coefficient (Wildman–Crippen LogP) is 0.722. The second-order valence-corrected chi connectivity index (χ2v) is 6.19. The average Bonchev–Trinajstić information content (AvgIpc) is 2.84. The molecule has 0 aromatic heterocycles. The van der Waals surface area contributed by atoms with Crippen LogP contribution in [0.15, 0.2) is 24.3 Å². The molecule has 0 unspecified atom stereocenters. The molecule has 1 fully saturated rings. The summed E-state index contributed by atoms with van der Waals surface area (Å²) in [5, 5.41) is 2.90. The van der Waals surface area contributed by atoms with Crippen molar-refractivity contribution in [3.8, 4) is 5.75 Å². The zero-order valence-electron chi connectivity index (χ0n) is 14.0. The zero-order chi connectivity index (χ0) is 16.8. The third kappa shape index (κ3) is 5.25. The highest BCUT2D eigenvalue weighted by Gasteiger charge is 2.31. The topological polar surface area (TPSA) is 61.9 Å². The predicted molar refractivity (Wildman–Crippen MR) is 88.1 cm³/mol. The van der Waals surface area contributed by atoms with E-state index in [9.17, 15) is 9.59 Å². The maximum absolute atomic E-state index is 12.1. The Bertz CT molecular complexity index is 560. The van der Waals surface area contributed by atoms with E-state index >= 15 is 0 Å². The number of likely N-dealkylation sites (N-methyl/N-ethyl adjacent to an activating group) is 1. The lowest BCUT2D eigenvalue weighted by atomic mass is 10.1. The Morgan fingerprint density at radius 2 is 2.22 bits per heavy atom. The fourth-order valence-electron chi connectivity index (χ4n) is 2.46. The van der Waals surface area contributed by atoms with E-state index in [2.05, 4.69) is 10.2 Å². The van der Waals surface area contributed by atoms with Crippen LogP contribution in [-0.2, 0) is 16.1 Å². The molecule has 1 aliphatic heterocycles. The molecule has 126 valence electrons. The Morgan fingerprint density at radius 3 is 2.87 bits per heavy atom. The summed E-state index contributed by atoms with van der Waals surface area (Å²) in [7, 11) is 5.73. The van der Waals surface area contributed by atoms with Crippen LogP contribution in [0.2, 0.25) is 0 Å². The fourth-order valence-corrected chi connectivity index (χ4v) is 2.46. The van der Waals surface area contributed by atoms with Crippen LogP contribution in [0.3, 0.4) is 0 Å². The van der Waals surface area contributed by atoms with Gasteiger partial charge >= 0.3 is 0 Å². The molecule has 2 amide bonds. The number of nitrogens with one attached hydrogen (secondary N) is 1. The van der Waals surface area contributed by atoms with Gasteiger partial charge in [0, 0.05) is 33.1 Å². The number of carbonyl (C=O) groups is 2. The highest BCUT2D eigenvalue weighted by atomic mass is 16.5. The minimum atomic E-state index is -0.243. The summed E-state index contributed by atoms with van der Waals surface area (Å²) < 4.78 is 5.69. The minimum Gasteiger partial charge on any atom is -0.492 e. The van der Waals surface area contributed by atoms with Gasteiger partial charge in [0.2, 0.25) is 11.8 Å². The zero-order valence-corrected chi connectivity index (χ0v) is 14.0. The van der Waals surface area contributed by atoms with Crippen molar-refractivity contribution in [3.63, 3.8) is 0 Å². The van der Waals surface area contributed by atoms with Crippen molar-refractivity contribution in [2.45, 2.75) is 13.0 Å². The normalized spacial score (nSPS) is 17.7. The Hall–Kier alpha value is -2.08. The molecule has 1 N–H and O–H groups in total. The quantitative estimate of drug-likeness (QED) is 0.804. The maximum Gasteiger partial charge on any atom is 0.225 e. The number of hydrogen-bond acceptors (Lipinski definition) is 4. The molecule has 23 heavy (non-hydrogen) atoms. The van der Waals surface area contributed by atoms with Gasteiger partial charge in [0.05, 0.1) is 5.92 Å². The van der Waals surface area contributed by atoms with Gasteiger partial charge in [-0.15, -0.1) is 0 Å². The largest absolute Gasteiger partial charge is 0.492 e. The molecule has 1 aliphatic rings. The number of carbonyl (C=O) groups excluding carboxylic acids is 2. The molecule has 6 heteroatoms. The SMILES string of the molecule is CN(C)CCOc1cccc(CNC(=O)[C@@H]2CC(=O)N(C)C2)c1. The van der Waals surface area contributed by atoms with Gasteiger partial charge in [0.25, 0.3) is 0 Å². The highest BCUT2D eigenvalue weighted by molar-refractivity contribution is 5.89. The molecule has 0 saturated carbocycles. The molecular weight excluding hydrogens is 294 g/mol. The van der Waals surface area contributed by atoms with Crippen molar-refractivity contribution in [2.75, 3.05) is 40.8 Å². The summed E-state index contributed by atoms with van der Waals surface area (Å²) in [5.74, 6) is 0.518. The number of amides is 2. The summed E-state index contributed by atoms with van der Waals surface area (Å²) in [4.78, 5) is 27.3. The van der Waals surface area contributed by atoms with E-state index in [1.54, 1.807) is 11.9 Å². The molecule has 6 nitrogen and oxygen atoms in total. The summed E-state index contributed by atoms with van der Waals surface area (Å²) in [6, 6.07) is 7.71. The van der Waals surface area contributed by atoms with E-state index in [1.807, 2.05) is 38.4 Å². The number of likely N-dealkylation sites (tertiary alicyclic amines) is 1. The second kappa shape index (κ2) is 7.97. The number of hydrogen-bond donors (Lipinski definition) is 1. The number of ether oxygens (including phenoxy) is 1. The monoisotopic (exact) mass is 319 g/mol. The van der Waals surface area contributed by atoms with Crippen LogP contribution in [0.25, 0.3) is 0 Å². The van der Waals surface area contributed by atoms with Gasteiger partial charge in [-0.05, 0) is 31.8 Å². The molecule has 1 heterocycles. The second-order valence-electron chi connectivity index (χ2n) is 6.19. The first-order valence-electron chi connectivity index (χ1n) is 7.84. The third-order valence-corrected chi connectivity index (χ3v) is 3.88. The van der Waals surface area contributed by atoms with Gasteiger partial charge in [0.1, 0.15) is 12.4 Å². The van der Waals surface area contributed by atoms with E-state index < -0.39 is 0 Å². The van der Waals surface area contributed by atoms with E-state index in [0.717, 1.165) is 17.9 Å². The standard InChI is InChI=1S/C17H25N3O3/c1-19(2)7-8-23-15-6-4-5-13(9-15)11-18-17(22)14-10-16(21)20(3)12-14/h4-6,9,14H,7-8,10-12H2,1-3H3,(H,18,22)/t14-/m1/s1. The van der Waals surface area contributed by atoms with Crippen LogP contribution in [0.4, 0.5) is 0 Å². The van der Waals surface area contributed by atoms with E-state index in [0.29, 0.717) is 26.1 Å². The van der Waals surface area contributed by atoms with Crippen molar-refractivity contribution in [3.05, 3.63) is 29.8 Å². The molecule has 1 atom stereocenters. The van der Waals surface area contributed by atoms with Gasteiger partial charge in [-0.2, -0.15) is 0 Å². The molecule has 0 radical (unpaired) electrons. The Kier molecular flexibility index (Phi) is 5.98. The van der Waals surface area contributed by atoms with Gasteiger partial charge < -0.3 is 19.9 Å². The van der Waals surface area contributed by atoms with Gasteiger partial charge in [-0.1, -0.05) is 12.1 Å². The van der Waals surface area contributed by atoms with Crippen molar-refractivity contribution >= 4 is 11.8 Å². The van der Waals surface area contributed by atoms with Gasteiger partial charge in [-0.3, -0.25) is 9.59 Å². The molecule has 1 aromatic rings. The summed E-state index contributed by atoms with van der Waals surface area (Å²) >= 11 is 0. The summed E-state index contributed by atoms with van der Waals surface area (Å²) in [5.41, 5.74) is 0.985. The first-order chi connectivity index (χ1) is 11.0. The Balaban J connectivity index is 1.81. The Morgan fingerprint density at radius 1 is 1.43 bits per heavy atom. The number of benzene rings is 1. The van der Waals surface area contributed by atoms with E-state index in [4.69, 9.17) is 4.74 Å². The van der Waals surface area contributed by atoms with Crippen LogP contribution in [0, 0.1) is 5.92 Å². The lowest BCUT2D eigenvalue weighted by Gasteiger charge is -2.13. The van der Waals surface area contributed by atoms with Gasteiger partial charge in [0.15, 0.2) is 0 Å². The summed E-state index contributed by atoms with van der Waals surface area (Å²) in [6.07, 6.45) is 0.302. The molecule has 0 spiro atoms. The van der Waals surface area contributed by atoms with Crippen molar-refractivity contribution in [1.82, 2.24) is 15.1 Å². The van der Waals surface area contributed by atoms with Crippen LogP contribution in [-0.4, -0.2) is 62.5 Å². The number of nitrogens with zero attached hydrogens (tertiary/aromatic N) is 2. The first-order valence-corrected chi connectivity index (χ1v) is 7.84. The molecule has 2 rings (SSSR count). The molecule has 0 bridgehead atoms. The maximum atomic E-state index is 12.1. The van der Waals surface area contributed by atoms with Gasteiger partial charge in [-0.25, -0.2) is 0 Å². The molecule has 0 aliphatic carbocycles. The van der Waals surface area contributed by atoms with Crippen molar-refractivity contribution in [2.24, 2.45) is 5.92 Å². The molecule has 1 saturated heterocycles. The summed E-state index contributed by atoms with van der Waals surface area (Å²) in [6.45, 7) is 2.42. The molecule has 1 aromatic carbocycles. The van der Waals surface area contributed by atoms with Crippen molar-refractivity contribution < 1.29 is 14.3 Å². The van der Waals surface area contributed by atoms with Crippen LogP contribution >= 0.6 is 0 Å². The lowest BCUT2D eigenvalue weighted by Crippen LogP contribution is -2.31. The fraction of sp³-hybridized carbons (Fsp3) is 0.529.